The predicted octanol–water partition coefficient (Wildman–Crippen LogP) is 5.90. The number of halogens is 2. The summed E-state index contributed by atoms with van der Waals surface area (Å²) in [5.74, 6) is -0.225. The van der Waals surface area contributed by atoms with Crippen molar-refractivity contribution in [2.24, 2.45) is 4.99 Å². The summed E-state index contributed by atoms with van der Waals surface area (Å²) in [6, 6.07) is 14.8. The number of hydrogen-bond acceptors (Lipinski definition) is 1. The van der Waals surface area contributed by atoms with E-state index in [-0.39, 0.29) is 5.82 Å². The van der Waals surface area contributed by atoms with Gasteiger partial charge in [-0.25, -0.2) is 4.39 Å². The molecule has 0 spiro atoms. The summed E-state index contributed by atoms with van der Waals surface area (Å²) < 4.78 is 16.5. The van der Waals surface area contributed by atoms with Gasteiger partial charge in [-0.05, 0) is 97.5 Å². The molecule has 24 heavy (non-hydrogen) atoms. The molecule has 4 heteroatoms. The lowest BCUT2D eigenvalue weighted by atomic mass is 10.2. The first-order valence-corrected chi connectivity index (χ1v) is 8.78. The van der Waals surface area contributed by atoms with E-state index in [9.17, 15) is 4.39 Å². The van der Waals surface area contributed by atoms with Gasteiger partial charge in [0.1, 0.15) is 5.82 Å². The van der Waals surface area contributed by atoms with Crippen molar-refractivity contribution in [1.29, 1.82) is 0 Å². The van der Waals surface area contributed by atoms with Gasteiger partial charge in [-0.2, -0.15) is 0 Å². The Morgan fingerprint density at radius 3 is 2.38 bits per heavy atom. The van der Waals surface area contributed by atoms with E-state index in [1.165, 1.54) is 21.3 Å². The summed E-state index contributed by atoms with van der Waals surface area (Å²) in [6.07, 6.45) is 1.89. The van der Waals surface area contributed by atoms with Gasteiger partial charge in [0.2, 0.25) is 0 Å². The van der Waals surface area contributed by atoms with Crippen molar-refractivity contribution >= 4 is 34.5 Å². The Morgan fingerprint density at radius 2 is 1.71 bits per heavy atom. The van der Waals surface area contributed by atoms with Gasteiger partial charge >= 0.3 is 0 Å². The number of aryl methyl sites for hydroxylation is 2. The third-order valence-electron chi connectivity index (χ3n) is 4.05. The molecule has 1 heterocycles. The van der Waals surface area contributed by atoms with Crippen LogP contribution >= 0.6 is 22.6 Å². The highest BCUT2D eigenvalue weighted by Gasteiger charge is 2.09. The third kappa shape index (κ3) is 3.43. The van der Waals surface area contributed by atoms with Crippen LogP contribution in [0.15, 0.2) is 53.5 Å². The molecule has 0 aliphatic carbocycles. The highest BCUT2D eigenvalue weighted by Crippen LogP contribution is 2.22. The standard InChI is InChI=1S/C20H18FIN2/c1-13-10-18(6-9-20(13)22)23-12-16-11-14(2)24(15(16)3)19-7-4-17(21)5-8-19/h4-12H,1-3H3. The van der Waals surface area contributed by atoms with Gasteiger partial charge in [0.05, 0.1) is 5.69 Å². The van der Waals surface area contributed by atoms with Gasteiger partial charge in [-0.3, -0.25) is 4.99 Å². The summed E-state index contributed by atoms with van der Waals surface area (Å²) in [4.78, 5) is 4.60. The van der Waals surface area contributed by atoms with Crippen LogP contribution in [0.25, 0.3) is 5.69 Å². The maximum Gasteiger partial charge on any atom is 0.123 e. The average Bonchev–Trinajstić information content (AvgIpc) is 2.84. The quantitative estimate of drug-likeness (QED) is 0.363. The number of hydrogen-bond donors (Lipinski definition) is 0. The highest BCUT2D eigenvalue weighted by atomic mass is 127. The minimum Gasteiger partial charge on any atom is -0.318 e. The summed E-state index contributed by atoms with van der Waals surface area (Å²) in [7, 11) is 0. The Kier molecular flexibility index (Phi) is 4.85. The van der Waals surface area contributed by atoms with Crippen LogP contribution in [-0.2, 0) is 0 Å². The minimum atomic E-state index is -0.225. The molecule has 3 rings (SSSR count). The van der Waals surface area contributed by atoms with Gasteiger partial charge in [0, 0.05) is 32.4 Å². The largest absolute Gasteiger partial charge is 0.318 e. The first kappa shape index (κ1) is 16.9. The molecule has 0 saturated carbocycles. The molecule has 122 valence electrons. The lowest BCUT2D eigenvalue weighted by Gasteiger charge is -2.09. The summed E-state index contributed by atoms with van der Waals surface area (Å²) in [6.45, 7) is 6.18. The van der Waals surface area contributed by atoms with Gasteiger partial charge in [0.25, 0.3) is 0 Å². The normalized spacial score (nSPS) is 11.4. The fourth-order valence-corrected chi connectivity index (χ4v) is 3.09. The molecule has 0 aliphatic rings. The van der Waals surface area contributed by atoms with Crippen LogP contribution in [0.1, 0.15) is 22.5 Å². The number of aliphatic imine (C=N–C) groups is 1. The zero-order valence-corrected chi connectivity index (χ0v) is 16.0. The first-order valence-electron chi connectivity index (χ1n) is 7.71. The molecular formula is C20H18FIN2. The second-order valence-corrected chi connectivity index (χ2v) is 6.99. The highest BCUT2D eigenvalue weighted by molar-refractivity contribution is 14.1. The smallest absolute Gasteiger partial charge is 0.123 e. The van der Waals surface area contributed by atoms with E-state index in [0.717, 1.165) is 28.3 Å². The molecule has 0 radical (unpaired) electrons. The summed E-state index contributed by atoms with van der Waals surface area (Å²) in [5, 5.41) is 0. The molecule has 0 fully saturated rings. The maximum atomic E-state index is 13.1. The second kappa shape index (κ2) is 6.89. The lowest BCUT2D eigenvalue weighted by molar-refractivity contribution is 0.627. The van der Waals surface area contributed by atoms with Crippen LogP contribution in [0, 0.1) is 30.2 Å². The van der Waals surface area contributed by atoms with Gasteiger partial charge < -0.3 is 4.57 Å². The number of rotatable bonds is 3. The number of benzene rings is 2. The Labute approximate surface area is 155 Å². The molecule has 1 aromatic heterocycles. The van der Waals surface area contributed by atoms with E-state index < -0.39 is 0 Å². The van der Waals surface area contributed by atoms with Crippen molar-refractivity contribution in [2.75, 3.05) is 0 Å². The minimum absolute atomic E-state index is 0.225. The van der Waals surface area contributed by atoms with Crippen LogP contribution in [0.2, 0.25) is 0 Å². The summed E-state index contributed by atoms with van der Waals surface area (Å²) in [5.41, 5.74) is 6.37. The molecular weight excluding hydrogens is 414 g/mol. The maximum absolute atomic E-state index is 13.1. The molecule has 0 aliphatic heterocycles. The van der Waals surface area contributed by atoms with E-state index in [1.54, 1.807) is 12.1 Å². The SMILES string of the molecule is Cc1cc(N=Cc2cc(C)n(-c3ccc(F)cc3)c2C)ccc1I. The average molecular weight is 432 g/mol. The Bertz CT molecular complexity index is 908. The molecule has 2 nitrogen and oxygen atoms in total. The third-order valence-corrected chi connectivity index (χ3v) is 5.26. The van der Waals surface area contributed by atoms with E-state index in [2.05, 4.69) is 64.2 Å². The van der Waals surface area contributed by atoms with E-state index in [0.29, 0.717) is 0 Å². The van der Waals surface area contributed by atoms with Gasteiger partial charge in [-0.1, -0.05) is 0 Å². The molecule has 0 N–H and O–H groups in total. The molecule has 2 aromatic carbocycles. The number of aromatic nitrogens is 1. The molecule has 0 saturated heterocycles. The van der Waals surface area contributed by atoms with Crippen molar-refractivity contribution in [2.45, 2.75) is 20.8 Å². The number of nitrogens with zero attached hydrogens (tertiary/aromatic N) is 2. The van der Waals surface area contributed by atoms with Crippen LogP contribution in [0.4, 0.5) is 10.1 Å². The van der Waals surface area contributed by atoms with Crippen LogP contribution in [0.5, 0.6) is 0 Å². The topological polar surface area (TPSA) is 17.3 Å². The Balaban J connectivity index is 1.95. The Hall–Kier alpha value is -1.95. The summed E-state index contributed by atoms with van der Waals surface area (Å²) >= 11 is 2.32. The molecule has 0 unspecified atom stereocenters. The van der Waals surface area contributed by atoms with Crippen molar-refractivity contribution in [1.82, 2.24) is 4.57 Å². The van der Waals surface area contributed by atoms with Crippen LogP contribution in [-0.4, -0.2) is 10.8 Å². The predicted molar refractivity (Wildman–Crippen MR) is 106 cm³/mol. The monoisotopic (exact) mass is 432 g/mol. The van der Waals surface area contributed by atoms with Gasteiger partial charge in [0.15, 0.2) is 0 Å². The fraction of sp³-hybridized carbons (Fsp3) is 0.150. The van der Waals surface area contributed by atoms with Crippen molar-refractivity contribution in [3.63, 3.8) is 0 Å². The van der Waals surface area contributed by atoms with Crippen molar-refractivity contribution in [3.05, 3.63) is 80.4 Å². The second-order valence-electron chi connectivity index (χ2n) is 5.83. The van der Waals surface area contributed by atoms with Crippen molar-refractivity contribution in [3.8, 4) is 5.69 Å². The Morgan fingerprint density at radius 1 is 1.00 bits per heavy atom. The molecule has 0 bridgehead atoms. The van der Waals surface area contributed by atoms with Crippen LogP contribution in [0.3, 0.4) is 0 Å². The van der Waals surface area contributed by atoms with E-state index >= 15 is 0 Å². The molecule has 3 aromatic rings. The van der Waals surface area contributed by atoms with Gasteiger partial charge in [-0.15, -0.1) is 0 Å². The fourth-order valence-electron chi connectivity index (χ4n) is 2.76. The molecule has 0 atom stereocenters. The zero-order chi connectivity index (χ0) is 17.3. The zero-order valence-electron chi connectivity index (χ0n) is 13.8. The molecule has 0 amide bonds. The van der Waals surface area contributed by atoms with E-state index in [4.69, 9.17) is 0 Å². The van der Waals surface area contributed by atoms with Crippen molar-refractivity contribution < 1.29 is 4.39 Å². The van der Waals surface area contributed by atoms with E-state index in [1.807, 2.05) is 19.2 Å². The first-order chi connectivity index (χ1) is 11.5. The lowest BCUT2D eigenvalue weighted by Crippen LogP contribution is -1.99. The van der Waals surface area contributed by atoms with Crippen LogP contribution < -0.4 is 0 Å².